The van der Waals surface area contributed by atoms with Crippen LogP contribution in [0, 0.1) is 11.6 Å². The number of nitrogens with two attached hydrogens (primary N) is 1. The number of amides is 1. The Labute approximate surface area is 105 Å². The number of benzene rings is 1. The molecule has 0 unspecified atom stereocenters. The van der Waals surface area contributed by atoms with Gasteiger partial charge in [0.2, 0.25) is 0 Å². The highest BCUT2D eigenvalue weighted by molar-refractivity contribution is 5.95. The number of nitrogen functional groups attached to an aromatic ring is 1. The van der Waals surface area contributed by atoms with Gasteiger partial charge in [-0.2, -0.15) is 0 Å². The molecule has 0 saturated carbocycles. The zero-order valence-electron chi connectivity index (χ0n) is 10.8. The van der Waals surface area contributed by atoms with Crippen molar-refractivity contribution in [2.24, 2.45) is 0 Å². The van der Waals surface area contributed by atoms with Crippen LogP contribution >= 0.6 is 0 Å². The molecular formula is C13H18F2N2O. The van der Waals surface area contributed by atoms with Crippen LogP contribution in [0.25, 0.3) is 0 Å². The minimum Gasteiger partial charge on any atom is -0.396 e. The quantitative estimate of drug-likeness (QED) is 0.814. The number of halogens is 2. The van der Waals surface area contributed by atoms with Crippen molar-refractivity contribution in [3.63, 3.8) is 0 Å². The molecule has 0 bridgehead atoms. The van der Waals surface area contributed by atoms with E-state index in [9.17, 15) is 13.6 Å². The van der Waals surface area contributed by atoms with Gasteiger partial charge in [-0.15, -0.1) is 0 Å². The summed E-state index contributed by atoms with van der Waals surface area (Å²) in [6.07, 6.45) is 1.65. The molecule has 0 fully saturated rings. The van der Waals surface area contributed by atoms with Gasteiger partial charge in [0.1, 0.15) is 11.6 Å². The third-order valence-corrected chi connectivity index (χ3v) is 2.66. The molecule has 1 amide bonds. The fourth-order valence-corrected chi connectivity index (χ4v) is 1.80. The molecule has 100 valence electrons. The first kappa shape index (κ1) is 14.4. The summed E-state index contributed by atoms with van der Waals surface area (Å²) in [6.45, 7) is 5.68. The van der Waals surface area contributed by atoms with Gasteiger partial charge in [-0.3, -0.25) is 4.79 Å². The van der Waals surface area contributed by atoms with Crippen molar-refractivity contribution in [1.82, 2.24) is 5.32 Å². The van der Waals surface area contributed by atoms with Gasteiger partial charge in [-0.1, -0.05) is 13.3 Å². The largest absolute Gasteiger partial charge is 0.396 e. The Morgan fingerprint density at radius 2 is 1.94 bits per heavy atom. The highest BCUT2D eigenvalue weighted by atomic mass is 19.1. The van der Waals surface area contributed by atoms with Crippen LogP contribution in [0.2, 0.25) is 0 Å². The molecule has 0 aliphatic rings. The van der Waals surface area contributed by atoms with Gasteiger partial charge >= 0.3 is 0 Å². The molecular weight excluding hydrogens is 238 g/mol. The van der Waals surface area contributed by atoms with Crippen molar-refractivity contribution in [2.45, 2.75) is 39.2 Å². The summed E-state index contributed by atoms with van der Waals surface area (Å²) in [5.74, 6) is -2.36. The zero-order valence-corrected chi connectivity index (χ0v) is 10.8. The number of rotatable bonds is 4. The van der Waals surface area contributed by atoms with Crippen molar-refractivity contribution >= 4 is 11.6 Å². The molecule has 1 rings (SSSR count). The topological polar surface area (TPSA) is 55.1 Å². The first-order valence-electron chi connectivity index (χ1n) is 5.84. The van der Waals surface area contributed by atoms with Gasteiger partial charge in [0.15, 0.2) is 0 Å². The summed E-state index contributed by atoms with van der Waals surface area (Å²) in [5.41, 5.74) is 4.41. The van der Waals surface area contributed by atoms with Crippen LogP contribution in [0.15, 0.2) is 12.1 Å². The molecule has 3 N–H and O–H groups in total. The van der Waals surface area contributed by atoms with E-state index in [0.717, 1.165) is 18.9 Å². The number of anilines is 1. The fourth-order valence-electron chi connectivity index (χ4n) is 1.80. The van der Waals surface area contributed by atoms with E-state index >= 15 is 0 Å². The average molecular weight is 256 g/mol. The zero-order chi connectivity index (χ0) is 13.9. The monoisotopic (exact) mass is 256 g/mol. The maximum Gasteiger partial charge on any atom is 0.254 e. The van der Waals surface area contributed by atoms with Gasteiger partial charge in [-0.25, -0.2) is 8.78 Å². The summed E-state index contributed by atoms with van der Waals surface area (Å²) >= 11 is 0. The van der Waals surface area contributed by atoms with E-state index < -0.39 is 23.1 Å². The Morgan fingerprint density at radius 1 is 1.33 bits per heavy atom. The lowest BCUT2D eigenvalue weighted by molar-refractivity contribution is 0.0905. The van der Waals surface area contributed by atoms with Gasteiger partial charge < -0.3 is 11.1 Å². The molecule has 0 spiro atoms. The second-order valence-electron chi connectivity index (χ2n) is 4.94. The summed E-state index contributed by atoms with van der Waals surface area (Å²) in [4.78, 5) is 11.9. The maximum atomic E-state index is 13.5. The Kier molecular flexibility index (Phi) is 4.27. The summed E-state index contributed by atoms with van der Waals surface area (Å²) in [6, 6.07) is 1.64. The normalized spacial score (nSPS) is 11.4. The van der Waals surface area contributed by atoms with E-state index in [0.29, 0.717) is 6.07 Å². The van der Waals surface area contributed by atoms with E-state index in [4.69, 9.17) is 5.73 Å². The van der Waals surface area contributed by atoms with Crippen molar-refractivity contribution in [3.05, 3.63) is 29.3 Å². The number of hydrogen-bond acceptors (Lipinski definition) is 2. The van der Waals surface area contributed by atoms with Crippen molar-refractivity contribution in [1.29, 1.82) is 0 Å². The number of nitrogens with one attached hydrogen (secondary N) is 1. The van der Waals surface area contributed by atoms with E-state index in [1.807, 2.05) is 20.8 Å². The maximum absolute atomic E-state index is 13.5. The van der Waals surface area contributed by atoms with Crippen LogP contribution in [-0.2, 0) is 0 Å². The van der Waals surface area contributed by atoms with E-state index in [-0.39, 0.29) is 11.3 Å². The van der Waals surface area contributed by atoms with Gasteiger partial charge in [0.05, 0.1) is 11.3 Å². The van der Waals surface area contributed by atoms with Crippen LogP contribution in [0.4, 0.5) is 14.5 Å². The second kappa shape index (κ2) is 5.33. The van der Waals surface area contributed by atoms with Crippen molar-refractivity contribution in [3.8, 4) is 0 Å². The first-order valence-corrected chi connectivity index (χ1v) is 5.84. The molecule has 5 heteroatoms. The average Bonchev–Trinajstić information content (AvgIpc) is 2.22. The Hall–Kier alpha value is -1.65. The predicted molar refractivity (Wildman–Crippen MR) is 67.2 cm³/mol. The van der Waals surface area contributed by atoms with Gasteiger partial charge in [-0.05, 0) is 26.3 Å². The summed E-state index contributed by atoms with van der Waals surface area (Å²) < 4.78 is 26.5. The van der Waals surface area contributed by atoms with Crippen LogP contribution < -0.4 is 11.1 Å². The third kappa shape index (κ3) is 3.42. The van der Waals surface area contributed by atoms with Gasteiger partial charge in [0, 0.05) is 11.6 Å². The Bertz CT molecular complexity index is 459. The highest BCUT2D eigenvalue weighted by Gasteiger charge is 2.22. The molecule has 18 heavy (non-hydrogen) atoms. The second-order valence-corrected chi connectivity index (χ2v) is 4.94. The smallest absolute Gasteiger partial charge is 0.254 e. The molecule has 0 aromatic heterocycles. The SMILES string of the molecule is CCCC(C)(C)NC(=O)c1cc(N)c(F)cc1F. The molecule has 0 heterocycles. The lowest BCUT2D eigenvalue weighted by Gasteiger charge is -2.25. The minimum absolute atomic E-state index is 0.238. The van der Waals surface area contributed by atoms with Crippen LogP contribution in [0.5, 0.6) is 0 Å². The molecule has 0 atom stereocenters. The minimum atomic E-state index is -0.911. The van der Waals surface area contributed by atoms with E-state index in [2.05, 4.69) is 5.32 Å². The standard InChI is InChI=1S/C13H18F2N2O/c1-4-5-13(2,3)17-12(18)8-6-11(16)10(15)7-9(8)14/h6-7H,4-5,16H2,1-3H3,(H,17,18). The van der Waals surface area contributed by atoms with Crippen molar-refractivity contribution in [2.75, 3.05) is 5.73 Å². The highest BCUT2D eigenvalue weighted by Crippen LogP contribution is 2.18. The number of carbonyl (C=O) groups excluding carboxylic acids is 1. The van der Waals surface area contributed by atoms with Crippen LogP contribution in [0.1, 0.15) is 44.0 Å². The van der Waals surface area contributed by atoms with E-state index in [1.54, 1.807) is 0 Å². The fraction of sp³-hybridized carbons (Fsp3) is 0.462. The summed E-state index contributed by atoms with van der Waals surface area (Å²) in [7, 11) is 0. The first-order chi connectivity index (χ1) is 8.26. The van der Waals surface area contributed by atoms with Crippen molar-refractivity contribution < 1.29 is 13.6 Å². The Morgan fingerprint density at radius 3 is 2.50 bits per heavy atom. The molecule has 3 nitrogen and oxygen atoms in total. The molecule has 0 aliphatic carbocycles. The lowest BCUT2D eigenvalue weighted by Crippen LogP contribution is -2.43. The molecule has 0 aliphatic heterocycles. The van der Waals surface area contributed by atoms with Crippen LogP contribution in [-0.4, -0.2) is 11.4 Å². The van der Waals surface area contributed by atoms with Crippen LogP contribution in [0.3, 0.4) is 0 Å². The molecule has 1 aromatic rings. The molecule has 0 saturated heterocycles. The van der Waals surface area contributed by atoms with Gasteiger partial charge in [0.25, 0.3) is 5.91 Å². The Balaban J connectivity index is 2.95. The third-order valence-electron chi connectivity index (χ3n) is 2.66. The lowest BCUT2D eigenvalue weighted by atomic mass is 9.98. The molecule has 1 aromatic carbocycles. The predicted octanol–water partition coefficient (Wildman–Crippen LogP) is 2.86. The summed E-state index contributed by atoms with van der Waals surface area (Å²) in [5, 5.41) is 2.70. The molecule has 0 radical (unpaired) electrons. The van der Waals surface area contributed by atoms with E-state index in [1.165, 1.54) is 0 Å². The number of hydrogen-bond donors (Lipinski definition) is 2. The number of carbonyl (C=O) groups is 1.